The third-order valence-corrected chi connectivity index (χ3v) is 3.92. The number of urea groups is 1. The molecular weight excluding hydrogens is 366 g/mol. The number of amides is 3. The van der Waals surface area contributed by atoms with Gasteiger partial charge in [0.1, 0.15) is 12.4 Å². The van der Waals surface area contributed by atoms with Crippen LogP contribution in [0.1, 0.15) is 15.9 Å². The van der Waals surface area contributed by atoms with Crippen LogP contribution >= 0.6 is 11.6 Å². The fourth-order valence-corrected chi connectivity index (χ4v) is 2.48. The van der Waals surface area contributed by atoms with Gasteiger partial charge < -0.3 is 10.1 Å². The Balaban J connectivity index is 1.52. The molecule has 0 bridgehead atoms. The maximum atomic E-state index is 12.1. The quantitative estimate of drug-likeness (QED) is 0.691. The first-order valence-corrected chi connectivity index (χ1v) is 8.48. The maximum Gasteiger partial charge on any atom is 0.326 e. The maximum absolute atomic E-state index is 12.1. The van der Waals surface area contributed by atoms with Gasteiger partial charge in [-0.25, -0.2) is 4.79 Å². The van der Waals surface area contributed by atoms with Crippen LogP contribution in [0.3, 0.4) is 0 Å². The van der Waals surface area contributed by atoms with Gasteiger partial charge in [-0.15, -0.1) is 0 Å². The number of halogens is 1. The minimum Gasteiger partial charge on any atom is -0.489 e. The van der Waals surface area contributed by atoms with E-state index in [4.69, 9.17) is 16.3 Å². The van der Waals surface area contributed by atoms with E-state index in [1.54, 1.807) is 60.9 Å². The molecule has 0 aliphatic carbocycles. The van der Waals surface area contributed by atoms with Crippen molar-refractivity contribution in [1.82, 2.24) is 10.3 Å². The van der Waals surface area contributed by atoms with Crippen molar-refractivity contribution < 1.29 is 14.3 Å². The smallest absolute Gasteiger partial charge is 0.326 e. The molecule has 2 N–H and O–H groups in total. The molecule has 1 aromatic heterocycles. The highest BCUT2D eigenvalue weighted by molar-refractivity contribution is 6.34. The van der Waals surface area contributed by atoms with Crippen LogP contribution in [-0.4, -0.2) is 16.9 Å². The number of hydrogen-bond acceptors (Lipinski definition) is 4. The number of anilines is 1. The summed E-state index contributed by atoms with van der Waals surface area (Å²) < 4.78 is 5.65. The molecule has 136 valence electrons. The first-order chi connectivity index (χ1) is 13.1. The van der Waals surface area contributed by atoms with Gasteiger partial charge in [-0.2, -0.15) is 0 Å². The minimum atomic E-state index is -0.649. The number of carbonyl (C=O) groups is 2. The lowest BCUT2D eigenvalue weighted by molar-refractivity contribution is 0.0967. The van der Waals surface area contributed by atoms with Gasteiger partial charge in [0.15, 0.2) is 0 Å². The Morgan fingerprint density at radius 2 is 1.78 bits per heavy atom. The Hall–Kier alpha value is -3.38. The van der Waals surface area contributed by atoms with Gasteiger partial charge in [-0.05, 0) is 42.5 Å². The highest BCUT2D eigenvalue weighted by Gasteiger charge is 2.13. The summed E-state index contributed by atoms with van der Waals surface area (Å²) in [5, 5.41) is 5.09. The second-order valence-electron chi connectivity index (χ2n) is 5.56. The molecule has 0 atom stereocenters. The SMILES string of the molecule is O=C(NC(=O)c1ccccc1Cl)Nc1ccc(OCc2cccnc2)cc1. The Morgan fingerprint density at radius 1 is 1.00 bits per heavy atom. The molecular formula is C20H16ClN3O3. The zero-order valence-electron chi connectivity index (χ0n) is 14.2. The number of benzene rings is 2. The minimum absolute atomic E-state index is 0.230. The van der Waals surface area contributed by atoms with Crippen LogP contribution in [0, 0.1) is 0 Å². The summed E-state index contributed by atoms with van der Waals surface area (Å²) in [5.74, 6) is 0.0754. The van der Waals surface area contributed by atoms with Crippen molar-refractivity contribution in [2.45, 2.75) is 6.61 Å². The van der Waals surface area contributed by atoms with E-state index in [1.807, 2.05) is 12.1 Å². The van der Waals surface area contributed by atoms with E-state index in [1.165, 1.54) is 0 Å². The lowest BCUT2D eigenvalue weighted by Gasteiger charge is -2.09. The summed E-state index contributed by atoms with van der Waals surface area (Å²) in [6.07, 6.45) is 3.43. The fraction of sp³-hybridized carbons (Fsp3) is 0.0500. The van der Waals surface area contributed by atoms with Gasteiger partial charge in [-0.3, -0.25) is 15.1 Å². The second-order valence-corrected chi connectivity index (χ2v) is 5.97. The number of aromatic nitrogens is 1. The topological polar surface area (TPSA) is 80.3 Å². The number of ether oxygens (including phenoxy) is 1. The number of hydrogen-bond donors (Lipinski definition) is 2. The van der Waals surface area contributed by atoms with Crippen molar-refractivity contribution in [3.8, 4) is 5.75 Å². The number of rotatable bonds is 5. The van der Waals surface area contributed by atoms with Crippen LogP contribution < -0.4 is 15.4 Å². The standard InChI is InChI=1S/C20H16ClN3O3/c21-18-6-2-1-5-17(18)19(25)24-20(26)23-15-7-9-16(10-8-15)27-13-14-4-3-11-22-12-14/h1-12H,13H2,(H2,23,24,25,26). The second kappa shape index (κ2) is 8.82. The molecule has 0 fully saturated rings. The van der Waals surface area contributed by atoms with Crippen LogP contribution in [0.4, 0.5) is 10.5 Å². The van der Waals surface area contributed by atoms with E-state index in [0.29, 0.717) is 18.0 Å². The third-order valence-electron chi connectivity index (χ3n) is 3.59. The normalized spacial score (nSPS) is 10.1. The van der Waals surface area contributed by atoms with Gasteiger partial charge in [0.2, 0.25) is 0 Å². The molecule has 3 amide bonds. The average molecular weight is 382 g/mol. The van der Waals surface area contributed by atoms with Crippen molar-refractivity contribution >= 4 is 29.2 Å². The molecule has 0 aliphatic rings. The molecule has 3 rings (SSSR count). The summed E-state index contributed by atoms with van der Waals surface area (Å²) in [6.45, 7) is 0.396. The Labute approximate surface area is 161 Å². The monoisotopic (exact) mass is 381 g/mol. The lowest BCUT2D eigenvalue weighted by atomic mass is 10.2. The van der Waals surface area contributed by atoms with Gasteiger partial charge in [-0.1, -0.05) is 29.8 Å². The van der Waals surface area contributed by atoms with Crippen molar-refractivity contribution in [3.63, 3.8) is 0 Å². The van der Waals surface area contributed by atoms with E-state index in [2.05, 4.69) is 15.6 Å². The fourth-order valence-electron chi connectivity index (χ4n) is 2.26. The van der Waals surface area contributed by atoms with Crippen LogP contribution in [0.15, 0.2) is 73.1 Å². The summed E-state index contributed by atoms with van der Waals surface area (Å²) in [4.78, 5) is 28.1. The molecule has 6 nitrogen and oxygen atoms in total. The first kappa shape index (κ1) is 18.4. The molecule has 0 saturated carbocycles. The third kappa shape index (κ3) is 5.29. The van der Waals surface area contributed by atoms with Crippen LogP contribution in [0.5, 0.6) is 5.75 Å². The largest absolute Gasteiger partial charge is 0.489 e. The number of carbonyl (C=O) groups excluding carboxylic acids is 2. The van der Waals surface area contributed by atoms with Crippen molar-refractivity contribution in [1.29, 1.82) is 0 Å². The van der Waals surface area contributed by atoms with E-state index >= 15 is 0 Å². The first-order valence-electron chi connectivity index (χ1n) is 8.10. The predicted molar refractivity (Wildman–Crippen MR) is 103 cm³/mol. The van der Waals surface area contributed by atoms with Crippen LogP contribution in [0.2, 0.25) is 5.02 Å². The Morgan fingerprint density at radius 3 is 2.48 bits per heavy atom. The number of nitrogens with zero attached hydrogens (tertiary/aromatic N) is 1. The Kier molecular flexibility index (Phi) is 6.02. The molecule has 0 aliphatic heterocycles. The summed E-state index contributed by atoms with van der Waals surface area (Å²) in [6, 6.07) is 16.4. The van der Waals surface area contributed by atoms with Crippen molar-refractivity contribution in [2.75, 3.05) is 5.32 Å². The predicted octanol–water partition coefficient (Wildman–Crippen LogP) is 4.28. The molecule has 1 heterocycles. The van der Waals surface area contributed by atoms with E-state index in [-0.39, 0.29) is 10.6 Å². The lowest BCUT2D eigenvalue weighted by Crippen LogP contribution is -2.34. The molecule has 0 unspecified atom stereocenters. The number of nitrogens with one attached hydrogen (secondary N) is 2. The zero-order valence-corrected chi connectivity index (χ0v) is 14.9. The molecule has 0 spiro atoms. The molecule has 27 heavy (non-hydrogen) atoms. The van der Waals surface area contributed by atoms with Crippen molar-refractivity contribution in [2.24, 2.45) is 0 Å². The summed E-state index contributed by atoms with van der Waals surface area (Å²) >= 11 is 5.94. The molecule has 7 heteroatoms. The molecule has 0 saturated heterocycles. The molecule has 2 aromatic carbocycles. The Bertz CT molecular complexity index is 931. The summed E-state index contributed by atoms with van der Waals surface area (Å²) in [7, 11) is 0. The molecule has 3 aromatic rings. The molecule has 0 radical (unpaired) electrons. The highest BCUT2D eigenvalue weighted by Crippen LogP contribution is 2.17. The van der Waals surface area contributed by atoms with Gasteiger partial charge in [0.25, 0.3) is 5.91 Å². The van der Waals surface area contributed by atoms with Gasteiger partial charge >= 0.3 is 6.03 Å². The summed E-state index contributed by atoms with van der Waals surface area (Å²) in [5.41, 5.74) is 1.71. The van der Waals surface area contributed by atoms with E-state index < -0.39 is 11.9 Å². The van der Waals surface area contributed by atoms with Crippen LogP contribution in [0.25, 0.3) is 0 Å². The average Bonchev–Trinajstić information content (AvgIpc) is 2.68. The highest BCUT2D eigenvalue weighted by atomic mass is 35.5. The number of pyridine rings is 1. The van der Waals surface area contributed by atoms with Crippen molar-refractivity contribution in [3.05, 3.63) is 89.2 Å². The van der Waals surface area contributed by atoms with E-state index in [0.717, 1.165) is 5.56 Å². The number of imide groups is 1. The van der Waals surface area contributed by atoms with Gasteiger partial charge in [0, 0.05) is 23.6 Å². The van der Waals surface area contributed by atoms with E-state index in [9.17, 15) is 9.59 Å². The van der Waals surface area contributed by atoms with Gasteiger partial charge in [0.05, 0.1) is 10.6 Å². The zero-order chi connectivity index (χ0) is 19.1. The van der Waals surface area contributed by atoms with Crippen LogP contribution in [-0.2, 0) is 6.61 Å².